The summed E-state index contributed by atoms with van der Waals surface area (Å²) in [5.74, 6) is -2.08. The van der Waals surface area contributed by atoms with E-state index in [1.54, 1.807) is 12.1 Å². The van der Waals surface area contributed by atoms with Crippen molar-refractivity contribution in [3.05, 3.63) is 57.6 Å². The zero-order chi connectivity index (χ0) is 27.3. The number of phenolic OH excluding ortho intramolecular Hbond substituents is 1. The number of ether oxygens (including phenoxy) is 1. The summed E-state index contributed by atoms with van der Waals surface area (Å²) >= 11 is 0. The van der Waals surface area contributed by atoms with Crippen LogP contribution in [0.3, 0.4) is 0 Å². The molecule has 0 aliphatic heterocycles. The first-order chi connectivity index (χ1) is 15.5. The fraction of sp³-hybridized carbons (Fsp3) is 0.533. The van der Waals surface area contributed by atoms with Crippen molar-refractivity contribution in [1.29, 1.82) is 0 Å². The molecule has 0 saturated carbocycles. The van der Waals surface area contributed by atoms with Crippen LogP contribution in [0.5, 0.6) is 11.5 Å². The molecule has 0 unspecified atom stereocenters. The normalized spacial score (nSPS) is 12.3. The standard InChI is InChI=1S/C30H42O5.Sn.Zn.2H/c1-27(2,3)17-13-19(23(31)21(15-17)29(7,8)9)26(34)35-24-20(25(32)33)14-18(28(4,5)6)16-22(24)30(10,11)12;;;;/h13-16,31H,1-12H3,(H,32,33);;;;. The number of rotatable bonds is 3. The second kappa shape index (κ2) is 11.8. The zero-order valence-corrected chi connectivity index (χ0v) is 31.8. The van der Waals surface area contributed by atoms with Crippen molar-refractivity contribution in [1.82, 2.24) is 0 Å². The van der Waals surface area contributed by atoms with Gasteiger partial charge >= 0.3 is 35.8 Å². The van der Waals surface area contributed by atoms with Crippen LogP contribution < -0.4 is 4.74 Å². The third-order valence-electron chi connectivity index (χ3n) is 6.19. The predicted octanol–water partition coefficient (Wildman–Crippen LogP) is 6.58. The van der Waals surface area contributed by atoms with Gasteiger partial charge in [0.15, 0.2) is 0 Å². The minimum Gasteiger partial charge on any atom is 0 e. The number of phenols is 1. The van der Waals surface area contributed by atoms with E-state index in [0.29, 0.717) is 11.1 Å². The SMILES string of the molecule is CC(C)(C)c1cc(C(=O)Oc2c(C(=O)O)cc(C(C)(C)C)cc2C(C)(C)C)c(O)c(C(C)(C)C)c1.[SnH2].[Zn]. The summed E-state index contributed by atoms with van der Waals surface area (Å²) in [7, 11) is 0. The maximum atomic E-state index is 13.6. The molecule has 200 valence electrons. The molecule has 0 fully saturated rings. The van der Waals surface area contributed by atoms with Gasteiger partial charge in [-0.1, -0.05) is 95.2 Å². The molecule has 5 nitrogen and oxygen atoms in total. The molecule has 0 spiro atoms. The summed E-state index contributed by atoms with van der Waals surface area (Å²) in [6.45, 7) is 23.9. The molecule has 0 heterocycles. The van der Waals surface area contributed by atoms with Gasteiger partial charge in [0.25, 0.3) is 0 Å². The summed E-state index contributed by atoms with van der Waals surface area (Å²) in [5.41, 5.74) is 1.44. The number of aromatic carboxylic acids is 1. The molecule has 0 aliphatic carbocycles. The molecule has 0 saturated heterocycles. The van der Waals surface area contributed by atoms with E-state index in [4.69, 9.17) is 4.74 Å². The van der Waals surface area contributed by atoms with Crippen molar-refractivity contribution in [2.24, 2.45) is 0 Å². The Morgan fingerprint density at radius 3 is 1.38 bits per heavy atom. The predicted molar refractivity (Wildman–Crippen MR) is 150 cm³/mol. The molecule has 2 aromatic carbocycles. The van der Waals surface area contributed by atoms with Crippen molar-refractivity contribution < 1.29 is 44.0 Å². The maximum Gasteiger partial charge on any atom is 0 e. The Morgan fingerprint density at radius 1 is 0.649 bits per heavy atom. The van der Waals surface area contributed by atoms with Crippen LogP contribution in [0.4, 0.5) is 0 Å². The smallest absolute Gasteiger partial charge is 0 e. The average molecular weight is 669 g/mol. The van der Waals surface area contributed by atoms with Crippen LogP contribution in [0.15, 0.2) is 24.3 Å². The van der Waals surface area contributed by atoms with Crippen molar-refractivity contribution in [2.75, 3.05) is 0 Å². The molecule has 0 aliphatic rings. The van der Waals surface area contributed by atoms with Crippen LogP contribution in [0.25, 0.3) is 0 Å². The van der Waals surface area contributed by atoms with E-state index in [9.17, 15) is 19.8 Å². The Bertz CT molecular complexity index is 1160. The quantitative estimate of drug-likeness (QED) is 0.219. The number of benzene rings is 2. The summed E-state index contributed by atoms with van der Waals surface area (Å²) in [6.07, 6.45) is 0. The van der Waals surface area contributed by atoms with Crippen molar-refractivity contribution >= 4 is 35.8 Å². The van der Waals surface area contributed by atoms with Crippen LogP contribution in [0, 0.1) is 0 Å². The first-order valence-electron chi connectivity index (χ1n) is 12.1. The van der Waals surface area contributed by atoms with Gasteiger partial charge < -0.3 is 14.9 Å². The molecule has 7 heteroatoms. The number of hydrogen-bond donors (Lipinski definition) is 2. The molecule has 0 aromatic heterocycles. The van der Waals surface area contributed by atoms with Gasteiger partial charge in [0.2, 0.25) is 0 Å². The minimum atomic E-state index is -1.17. The fourth-order valence-corrected chi connectivity index (χ4v) is 3.83. The van der Waals surface area contributed by atoms with E-state index in [0.717, 1.165) is 11.1 Å². The molecular formula is C30H44O5SnZn. The van der Waals surface area contributed by atoms with Gasteiger partial charge in [0, 0.05) is 30.6 Å². The molecule has 2 rings (SSSR count). The van der Waals surface area contributed by atoms with E-state index >= 15 is 0 Å². The molecule has 0 bridgehead atoms. The molecule has 2 N–H and O–H groups in total. The van der Waals surface area contributed by atoms with Crippen LogP contribution in [0.2, 0.25) is 0 Å². The van der Waals surface area contributed by atoms with Gasteiger partial charge in [0.1, 0.15) is 22.6 Å². The number of hydrogen-bond acceptors (Lipinski definition) is 4. The number of aromatic hydroxyl groups is 1. The van der Waals surface area contributed by atoms with Crippen LogP contribution in [-0.2, 0) is 41.1 Å². The fourth-order valence-electron chi connectivity index (χ4n) is 3.83. The first kappa shape index (κ1) is 35.6. The van der Waals surface area contributed by atoms with Gasteiger partial charge in [-0.25, -0.2) is 9.59 Å². The maximum absolute atomic E-state index is 13.6. The molecule has 2 aromatic rings. The third-order valence-corrected chi connectivity index (χ3v) is 6.19. The molecule has 0 amide bonds. The van der Waals surface area contributed by atoms with E-state index in [1.165, 1.54) is 0 Å². The van der Waals surface area contributed by atoms with Gasteiger partial charge in [0.05, 0.1) is 0 Å². The summed E-state index contributed by atoms with van der Waals surface area (Å²) in [6, 6.07) is 7.06. The van der Waals surface area contributed by atoms with Gasteiger partial charge in [-0.3, -0.25) is 0 Å². The van der Waals surface area contributed by atoms with E-state index in [1.807, 2.05) is 95.2 Å². The number of carbonyl (C=O) groups is 2. The largest absolute Gasteiger partial charge is 0 e. The van der Waals surface area contributed by atoms with Crippen molar-refractivity contribution in [3.63, 3.8) is 0 Å². The van der Waals surface area contributed by atoms with Crippen LogP contribution >= 0.6 is 0 Å². The third kappa shape index (κ3) is 8.29. The molecule has 0 atom stereocenters. The molecule has 2 radical (unpaired) electrons. The van der Waals surface area contributed by atoms with E-state index in [2.05, 4.69) is 0 Å². The Labute approximate surface area is 252 Å². The monoisotopic (exact) mass is 668 g/mol. The number of carboxylic acid groups (broad SMARTS) is 1. The molecular weight excluding hydrogens is 624 g/mol. The zero-order valence-electron chi connectivity index (χ0n) is 24.8. The van der Waals surface area contributed by atoms with E-state index < -0.39 is 22.8 Å². The van der Waals surface area contributed by atoms with Gasteiger partial charge in [-0.15, -0.1) is 0 Å². The first-order valence-corrected chi connectivity index (χ1v) is 12.1. The Kier molecular flexibility index (Phi) is 11.3. The Balaban J connectivity index is 0.00000648. The van der Waals surface area contributed by atoms with E-state index in [-0.39, 0.29) is 76.8 Å². The number of esters is 1. The Morgan fingerprint density at radius 2 is 1.03 bits per heavy atom. The molecule has 37 heavy (non-hydrogen) atoms. The summed E-state index contributed by atoms with van der Waals surface area (Å²) in [5, 5.41) is 21.1. The second-order valence-electron chi connectivity index (χ2n) is 13.5. The number of carbonyl (C=O) groups excluding carboxylic acids is 1. The van der Waals surface area contributed by atoms with Crippen molar-refractivity contribution in [3.8, 4) is 11.5 Å². The minimum absolute atomic E-state index is 0. The van der Waals surface area contributed by atoms with Crippen LogP contribution in [0.1, 0.15) is 126 Å². The van der Waals surface area contributed by atoms with Gasteiger partial charge in [-0.05, 0) is 44.9 Å². The topological polar surface area (TPSA) is 83.8 Å². The number of carboxylic acids is 1. The van der Waals surface area contributed by atoms with Crippen LogP contribution in [-0.4, -0.2) is 46.1 Å². The summed E-state index contributed by atoms with van der Waals surface area (Å²) in [4.78, 5) is 25.8. The average Bonchev–Trinajstić information content (AvgIpc) is 2.64. The van der Waals surface area contributed by atoms with Gasteiger partial charge in [-0.2, -0.15) is 0 Å². The van der Waals surface area contributed by atoms with Crippen molar-refractivity contribution in [2.45, 2.75) is 105 Å². The Hall–Kier alpha value is -1.40. The second-order valence-corrected chi connectivity index (χ2v) is 13.5. The summed E-state index contributed by atoms with van der Waals surface area (Å²) < 4.78 is 5.85.